The van der Waals surface area contributed by atoms with E-state index >= 15 is 0 Å². The van der Waals surface area contributed by atoms with Crippen LogP contribution >= 0.6 is 0 Å². The molecule has 1 fully saturated rings. The van der Waals surface area contributed by atoms with Crippen molar-refractivity contribution in [2.75, 3.05) is 39.4 Å². The lowest BCUT2D eigenvalue weighted by Gasteiger charge is -2.41. The van der Waals surface area contributed by atoms with Gasteiger partial charge in [0.1, 0.15) is 5.75 Å². The number of benzene rings is 2. The summed E-state index contributed by atoms with van der Waals surface area (Å²) >= 11 is 0. The van der Waals surface area contributed by atoms with Crippen LogP contribution in [0, 0.1) is 0 Å². The van der Waals surface area contributed by atoms with Crippen LogP contribution in [0.5, 0.6) is 5.75 Å². The zero-order chi connectivity index (χ0) is 19.6. The molecule has 2 aromatic rings. The van der Waals surface area contributed by atoms with Gasteiger partial charge >= 0.3 is 0 Å². The topological polar surface area (TPSA) is 35.9 Å². The molecule has 28 heavy (non-hydrogen) atoms. The number of ether oxygens (including phenoxy) is 1. The van der Waals surface area contributed by atoms with E-state index in [1.54, 1.807) is 0 Å². The lowest BCUT2D eigenvalue weighted by Crippen LogP contribution is -2.52. The second kappa shape index (κ2) is 11.0. The summed E-state index contributed by atoms with van der Waals surface area (Å²) in [6.45, 7) is 7.88. The highest BCUT2D eigenvalue weighted by Gasteiger charge is 2.26. The summed E-state index contributed by atoms with van der Waals surface area (Å²) in [6, 6.07) is 19.2. The predicted octanol–water partition coefficient (Wildman–Crippen LogP) is 3.67. The molecule has 4 nitrogen and oxygen atoms in total. The first-order valence-corrected chi connectivity index (χ1v) is 10.3. The monoisotopic (exact) mass is 380 g/mol. The molecule has 1 heterocycles. The fraction of sp³-hybridized carbons (Fsp3) is 0.417. The van der Waals surface area contributed by atoms with Crippen LogP contribution in [-0.2, 0) is 6.54 Å². The van der Waals surface area contributed by atoms with Gasteiger partial charge in [0, 0.05) is 45.4 Å². The molecule has 0 aliphatic carbocycles. The first-order valence-electron chi connectivity index (χ1n) is 10.3. The summed E-state index contributed by atoms with van der Waals surface area (Å²) in [5, 5.41) is 9.53. The van der Waals surface area contributed by atoms with Crippen molar-refractivity contribution < 1.29 is 9.84 Å². The number of hydrogen-bond acceptors (Lipinski definition) is 4. The second-order valence-electron chi connectivity index (χ2n) is 7.29. The van der Waals surface area contributed by atoms with Gasteiger partial charge in [-0.3, -0.25) is 9.80 Å². The molecule has 0 amide bonds. The molecule has 4 heteroatoms. The Morgan fingerprint density at radius 3 is 2.57 bits per heavy atom. The highest BCUT2D eigenvalue weighted by molar-refractivity contribution is 5.48. The third-order valence-corrected chi connectivity index (χ3v) is 5.24. The quantitative estimate of drug-likeness (QED) is 0.720. The lowest BCUT2D eigenvalue weighted by atomic mass is 10.1. The van der Waals surface area contributed by atoms with Crippen LogP contribution in [0.25, 0.3) is 6.08 Å². The van der Waals surface area contributed by atoms with Crippen molar-refractivity contribution in [2.45, 2.75) is 25.9 Å². The first kappa shape index (κ1) is 20.6. The Bertz CT molecular complexity index is 715. The molecular weight excluding hydrogens is 348 g/mol. The Balaban J connectivity index is 1.54. The largest absolute Gasteiger partial charge is 0.494 e. The molecule has 1 N–H and O–H groups in total. The molecule has 1 aliphatic heterocycles. The van der Waals surface area contributed by atoms with Gasteiger partial charge in [0.2, 0.25) is 0 Å². The lowest BCUT2D eigenvalue weighted by molar-refractivity contribution is 0.0597. The van der Waals surface area contributed by atoms with E-state index in [0.717, 1.165) is 44.9 Å². The number of nitrogens with zero attached hydrogens (tertiary/aromatic N) is 2. The van der Waals surface area contributed by atoms with Gasteiger partial charge in [-0.1, -0.05) is 54.6 Å². The van der Waals surface area contributed by atoms with Crippen LogP contribution in [0.4, 0.5) is 0 Å². The average molecular weight is 381 g/mol. The van der Waals surface area contributed by atoms with Crippen LogP contribution in [-0.4, -0.2) is 60.3 Å². The third-order valence-electron chi connectivity index (χ3n) is 5.24. The third kappa shape index (κ3) is 6.20. The van der Waals surface area contributed by atoms with Gasteiger partial charge < -0.3 is 9.84 Å². The van der Waals surface area contributed by atoms with Crippen LogP contribution < -0.4 is 4.74 Å². The SMILES string of the molecule is CCOc1ccc(CN2CCN(C/C=C/c3ccccc3)C[C@@H]2CCO)cc1. The van der Waals surface area contributed by atoms with Crippen LogP contribution in [0.3, 0.4) is 0 Å². The summed E-state index contributed by atoms with van der Waals surface area (Å²) in [6.07, 6.45) is 5.25. The van der Waals surface area contributed by atoms with E-state index in [4.69, 9.17) is 4.74 Å². The van der Waals surface area contributed by atoms with Gasteiger partial charge in [-0.15, -0.1) is 0 Å². The van der Waals surface area contributed by atoms with Crippen LogP contribution in [0.15, 0.2) is 60.7 Å². The van der Waals surface area contributed by atoms with Crippen LogP contribution in [0.1, 0.15) is 24.5 Å². The summed E-state index contributed by atoms with van der Waals surface area (Å²) in [7, 11) is 0. The minimum Gasteiger partial charge on any atom is -0.494 e. The molecule has 0 bridgehead atoms. The van der Waals surface area contributed by atoms with Gasteiger partial charge in [-0.05, 0) is 36.6 Å². The Kier molecular flexibility index (Phi) is 8.09. The van der Waals surface area contributed by atoms with Gasteiger partial charge in [-0.25, -0.2) is 0 Å². The zero-order valence-electron chi connectivity index (χ0n) is 16.8. The molecule has 0 aromatic heterocycles. The Morgan fingerprint density at radius 2 is 1.86 bits per heavy atom. The van der Waals surface area contributed by atoms with E-state index < -0.39 is 0 Å². The minimum atomic E-state index is 0.234. The Labute approximate surface area is 169 Å². The summed E-state index contributed by atoms with van der Waals surface area (Å²) in [4.78, 5) is 4.98. The van der Waals surface area contributed by atoms with Crippen molar-refractivity contribution in [3.8, 4) is 5.75 Å². The number of piperazine rings is 1. The fourth-order valence-electron chi connectivity index (χ4n) is 3.75. The van der Waals surface area contributed by atoms with Gasteiger partial charge in [0.05, 0.1) is 6.61 Å². The molecule has 150 valence electrons. The summed E-state index contributed by atoms with van der Waals surface area (Å²) in [5.74, 6) is 0.924. The predicted molar refractivity (Wildman–Crippen MR) is 115 cm³/mol. The number of aliphatic hydroxyl groups excluding tert-OH is 1. The molecule has 1 aliphatic rings. The van der Waals surface area contributed by atoms with Gasteiger partial charge in [0.15, 0.2) is 0 Å². The highest BCUT2D eigenvalue weighted by atomic mass is 16.5. The van der Waals surface area contributed by atoms with E-state index in [0.29, 0.717) is 12.6 Å². The fourth-order valence-corrected chi connectivity index (χ4v) is 3.75. The van der Waals surface area contributed by atoms with Crippen molar-refractivity contribution in [1.82, 2.24) is 9.80 Å². The Hall–Kier alpha value is -2.14. The van der Waals surface area contributed by atoms with Crippen molar-refractivity contribution in [3.63, 3.8) is 0 Å². The molecule has 2 aromatic carbocycles. The van der Waals surface area contributed by atoms with E-state index in [1.165, 1.54) is 11.1 Å². The average Bonchev–Trinajstić information content (AvgIpc) is 2.72. The highest BCUT2D eigenvalue weighted by Crippen LogP contribution is 2.19. The smallest absolute Gasteiger partial charge is 0.119 e. The summed E-state index contributed by atoms with van der Waals surface area (Å²) < 4.78 is 5.53. The molecular formula is C24H32N2O2. The van der Waals surface area contributed by atoms with E-state index in [1.807, 2.05) is 25.1 Å². The maximum absolute atomic E-state index is 9.53. The maximum Gasteiger partial charge on any atom is 0.119 e. The van der Waals surface area contributed by atoms with Crippen molar-refractivity contribution in [2.24, 2.45) is 0 Å². The first-order chi connectivity index (χ1) is 13.8. The maximum atomic E-state index is 9.53. The molecule has 0 unspecified atom stereocenters. The molecule has 1 saturated heterocycles. The van der Waals surface area contributed by atoms with Crippen LogP contribution in [0.2, 0.25) is 0 Å². The normalized spacial score (nSPS) is 18.6. The molecule has 3 rings (SSSR count). The summed E-state index contributed by atoms with van der Waals surface area (Å²) in [5.41, 5.74) is 2.53. The number of hydrogen-bond donors (Lipinski definition) is 1. The van der Waals surface area contributed by atoms with Gasteiger partial charge in [0.25, 0.3) is 0 Å². The van der Waals surface area contributed by atoms with E-state index in [-0.39, 0.29) is 6.61 Å². The van der Waals surface area contributed by atoms with Gasteiger partial charge in [-0.2, -0.15) is 0 Å². The van der Waals surface area contributed by atoms with E-state index in [9.17, 15) is 5.11 Å². The molecule has 0 saturated carbocycles. The minimum absolute atomic E-state index is 0.234. The standard InChI is InChI=1S/C24H32N2O2/c1-2-28-24-12-10-22(11-13-24)19-26-17-16-25(20-23(26)14-18-27)15-6-9-21-7-4-3-5-8-21/h3-13,23,27H,2,14-20H2,1H3/b9-6+/t23-/m0/s1. The second-order valence-corrected chi connectivity index (χ2v) is 7.29. The van der Waals surface area contributed by atoms with E-state index in [2.05, 4.69) is 58.4 Å². The molecule has 0 spiro atoms. The number of aliphatic hydroxyl groups is 1. The van der Waals surface area contributed by atoms with Crippen molar-refractivity contribution >= 4 is 6.08 Å². The zero-order valence-corrected chi connectivity index (χ0v) is 16.8. The molecule has 1 atom stereocenters. The van der Waals surface area contributed by atoms with Crippen molar-refractivity contribution in [3.05, 3.63) is 71.8 Å². The Morgan fingerprint density at radius 1 is 1.07 bits per heavy atom. The van der Waals surface area contributed by atoms with Crippen molar-refractivity contribution in [1.29, 1.82) is 0 Å². The number of rotatable bonds is 9. The molecule has 0 radical (unpaired) electrons.